The zero-order chi connectivity index (χ0) is 11.1. The molecule has 3 nitrogen and oxygen atoms in total. The standard InChI is InChI=1S/C12H16N2O/c1-12(2,8-15)11-13-9-6-4-5-7-10(9)14(11)3/h4-7,15H,8H2,1-3H3. The van der Waals surface area contributed by atoms with E-state index in [1.807, 2.05) is 49.7 Å². The third kappa shape index (κ3) is 1.53. The summed E-state index contributed by atoms with van der Waals surface area (Å²) in [6.07, 6.45) is 0. The zero-order valence-corrected chi connectivity index (χ0v) is 9.36. The molecule has 15 heavy (non-hydrogen) atoms. The Bertz CT molecular complexity index is 485. The average Bonchev–Trinajstić information content (AvgIpc) is 2.58. The summed E-state index contributed by atoms with van der Waals surface area (Å²) >= 11 is 0. The van der Waals surface area contributed by atoms with Crippen LogP contribution >= 0.6 is 0 Å². The molecule has 0 aliphatic heterocycles. The highest BCUT2D eigenvalue weighted by atomic mass is 16.3. The van der Waals surface area contributed by atoms with E-state index in [0.29, 0.717) is 0 Å². The topological polar surface area (TPSA) is 38.0 Å². The molecule has 2 rings (SSSR count). The number of aromatic nitrogens is 2. The van der Waals surface area contributed by atoms with Crippen LogP contribution in [0.1, 0.15) is 19.7 Å². The predicted molar refractivity (Wildman–Crippen MR) is 60.8 cm³/mol. The van der Waals surface area contributed by atoms with Crippen molar-refractivity contribution in [2.75, 3.05) is 6.61 Å². The van der Waals surface area contributed by atoms with Crippen LogP contribution in [0.2, 0.25) is 0 Å². The first kappa shape index (κ1) is 10.2. The molecule has 0 spiro atoms. The van der Waals surface area contributed by atoms with Gasteiger partial charge in [0.15, 0.2) is 0 Å². The van der Waals surface area contributed by atoms with Gasteiger partial charge in [0.1, 0.15) is 5.82 Å². The first-order chi connectivity index (χ1) is 7.06. The van der Waals surface area contributed by atoms with Crippen molar-refractivity contribution in [3.8, 4) is 0 Å². The highest BCUT2D eigenvalue weighted by Crippen LogP contribution is 2.25. The lowest BCUT2D eigenvalue weighted by atomic mass is 9.94. The van der Waals surface area contributed by atoms with Crippen molar-refractivity contribution < 1.29 is 5.11 Å². The molecule has 0 bridgehead atoms. The number of aliphatic hydroxyl groups excluding tert-OH is 1. The number of benzene rings is 1. The number of hydrogen-bond acceptors (Lipinski definition) is 2. The van der Waals surface area contributed by atoms with E-state index in [1.54, 1.807) is 0 Å². The molecule has 0 amide bonds. The minimum absolute atomic E-state index is 0.101. The number of para-hydroxylation sites is 2. The minimum atomic E-state index is -0.298. The molecule has 0 aliphatic rings. The van der Waals surface area contributed by atoms with Gasteiger partial charge in [-0.3, -0.25) is 0 Å². The van der Waals surface area contributed by atoms with E-state index in [4.69, 9.17) is 0 Å². The third-order valence-corrected chi connectivity index (χ3v) is 2.79. The molecule has 1 N–H and O–H groups in total. The lowest BCUT2D eigenvalue weighted by Gasteiger charge is -2.20. The largest absolute Gasteiger partial charge is 0.395 e. The van der Waals surface area contributed by atoms with Crippen LogP contribution in [0.15, 0.2) is 24.3 Å². The lowest BCUT2D eigenvalue weighted by Crippen LogP contribution is -2.26. The maximum absolute atomic E-state index is 9.34. The molecule has 0 saturated carbocycles. The van der Waals surface area contributed by atoms with Gasteiger partial charge in [0.2, 0.25) is 0 Å². The second kappa shape index (κ2) is 3.35. The molecule has 80 valence electrons. The van der Waals surface area contributed by atoms with Crippen LogP contribution < -0.4 is 0 Å². The highest BCUT2D eigenvalue weighted by Gasteiger charge is 2.25. The van der Waals surface area contributed by atoms with E-state index in [9.17, 15) is 5.11 Å². The predicted octanol–water partition coefficient (Wildman–Crippen LogP) is 1.84. The summed E-state index contributed by atoms with van der Waals surface area (Å²) < 4.78 is 2.05. The molecule has 0 radical (unpaired) electrons. The van der Waals surface area contributed by atoms with Gasteiger partial charge in [-0.2, -0.15) is 0 Å². The molecule has 1 aromatic carbocycles. The number of aliphatic hydroxyl groups is 1. The van der Waals surface area contributed by atoms with E-state index in [1.165, 1.54) is 0 Å². The first-order valence-electron chi connectivity index (χ1n) is 5.09. The number of nitrogens with zero attached hydrogens (tertiary/aromatic N) is 2. The van der Waals surface area contributed by atoms with Crippen molar-refractivity contribution in [1.82, 2.24) is 9.55 Å². The number of rotatable bonds is 2. The minimum Gasteiger partial charge on any atom is -0.395 e. The smallest absolute Gasteiger partial charge is 0.117 e. The maximum atomic E-state index is 9.34. The molecule has 0 aliphatic carbocycles. The molecule has 3 heteroatoms. The Morgan fingerprint density at radius 1 is 1.33 bits per heavy atom. The van der Waals surface area contributed by atoms with Crippen LogP contribution in [-0.4, -0.2) is 21.3 Å². The van der Waals surface area contributed by atoms with Gasteiger partial charge in [-0.15, -0.1) is 0 Å². The van der Waals surface area contributed by atoms with Crippen molar-refractivity contribution in [2.24, 2.45) is 7.05 Å². The van der Waals surface area contributed by atoms with E-state index in [0.717, 1.165) is 16.9 Å². The summed E-state index contributed by atoms with van der Waals surface area (Å²) in [5.41, 5.74) is 1.79. The number of fused-ring (bicyclic) bond motifs is 1. The van der Waals surface area contributed by atoms with Crippen LogP contribution in [0, 0.1) is 0 Å². The Hall–Kier alpha value is -1.35. The third-order valence-electron chi connectivity index (χ3n) is 2.79. The maximum Gasteiger partial charge on any atom is 0.117 e. The summed E-state index contributed by atoms with van der Waals surface area (Å²) in [5.74, 6) is 0.922. The molecule has 1 aromatic heterocycles. The molecule has 0 fully saturated rings. The number of aryl methyl sites for hydroxylation is 1. The van der Waals surface area contributed by atoms with Gasteiger partial charge in [0.25, 0.3) is 0 Å². The molecular weight excluding hydrogens is 188 g/mol. The van der Waals surface area contributed by atoms with E-state index in [2.05, 4.69) is 4.98 Å². The van der Waals surface area contributed by atoms with Gasteiger partial charge in [-0.25, -0.2) is 4.98 Å². The van der Waals surface area contributed by atoms with Gasteiger partial charge >= 0.3 is 0 Å². The van der Waals surface area contributed by atoms with E-state index < -0.39 is 0 Å². The summed E-state index contributed by atoms with van der Waals surface area (Å²) in [4.78, 5) is 4.56. The highest BCUT2D eigenvalue weighted by molar-refractivity contribution is 5.76. The zero-order valence-electron chi connectivity index (χ0n) is 9.36. The molecule has 1 heterocycles. The molecule has 0 saturated heterocycles. The van der Waals surface area contributed by atoms with Crippen molar-refractivity contribution in [2.45, 2.75) is 19.3 Å². The fraction of sp³-hybridized carbons (Fsp3) is 0.417. The van der Waals surface area contributed by atoms with Gasteiger partial charge in [0, 0.05) is 12.5 Å². The number of hydrogen-bond donors (Lipinski definition) is 1. The van der Waals surface area contributed by atoms with Crippen LogP contribution in [0.25, 0.3) is 11.0 Å². The average molecular weight is 204 g/mol. The SMILES string of the molecule is Cn1c(C(C)(C)CO)nc2ccccc21. The summed E-state index contributed by atoms with van der Waals surface area (Å²) in [6.45, 7) is 4.09. The van der Waals surface area contributed by atoms with Gasteiger partial charge < -0.3 is 9.67 Å². The Kier molecular flexibility index (Phi) is 2.27. The molecule has 0 unspecified atom stereocenters. The molecule has 0 atom stereocenters. The molecule has 2 aromatic rings. The fourth-order valence-electron chi connectivity index (χ4n) is 1.82. The van der Waals surface area contributed by atoms with E-state index in [-0.39, 0.29) is 12.0 Å². The fourth-order valence-corrected chi connectivity index (χ4v) is 1.82. The van der Waals surface area contributed by atoms with Crippen molar-refractivity contribution in [1.29, 1.82) is 0 Å². The van der Waals surface area contributed by atoms with Crippen LogP contribution in [0.3, 0.4) is 0 Å². The summed E-state index contributed by atoms with van der Waals surface area (Å²) in [6, 6.07) is 8.01. The molecular formula is C12H16N2O. The van der Waals surface area contributed by atoms with Crippen molar-refractivity contribution >= 4 is 11.0 Å². The van der Waals surface area contributed by atoms with Crippen molar-refractivity contribution in [3.05, 3.63) is 30.1 Å². The first-order valence-corrected chi connectivity index (χ1v) is 5.09. The lowest BCUT2D eigenvalue weighted by molar-refractivity contribution is 0.209. The Balaban J connectivity index is 2.68. The van der Waals surface area contributed by atoms with Crippen LogP contribution in [0.5, 0.6) is 0 Å². The normalized spacial score (nSPS) is 12.3. The summed E-state index contributed by atoms with van der Waals surface area (Å²) in [7, 11) is 1.99. The van der Waals surface area contributed by atoms with Crippen LogP contribution in [-0.2, 0) is 12.5 Å². The number of imidazole rings is 1. The van der Waals surface area contributed by atoms with Gasteiger partial charge in [0.05, 0.1) is 17.6 Å². The van der Waals surface area contributed by atoms with E-state index >= 15 is 0 Å². The monoisotopic (exact) mass is 204 g/mol. The van der Waals surface area contributed by atoms with Gasteiger partial charge in [-0.1, -0.05) is 26.0 Å². The second-order valence-electron chi connectivity index (χ2n) is 4.53. The Morgan fingerprint density at radius 2 is 2.00 bits per heavy atom. The van der Waals surface area contributed by atoms with Crippen LogP contribution in [0.4, 0.5) is 0 Å². The second-order valence-corrected chi connectivity index (χ2v) is 4.53. The van der Waals surface area contributed by atoms with Crippen molar-refractivity contribution in [3.63, 3.8) is 0 Å². The Labute approximate surface area is 89.4 Å². The summed E-state index contributed by atoms with van der Waals surface area (Å²) in [5, 5.41) is 9.34. The Morgan fingerprint density at radius 3 is 2.60 bits per heavy atom. The quantitative estimate of drug-likeness (QED) is 0.810. The van der Waals surface area contributed by atoms with Gasteiger partial charge in [-0.05, 0) is 12.1 Å².